The van der Waals surface area contributed by atoms with Crippen molar-refractivity contribution in [2.75, 3.05) is 6.54 Å². The Labute approximate surface area is 163 Å². The maximum absolute atomic E-state index is 12.3. The zero-order valence-electron chi connectivity index (χ0n) is 17.2. The van der Waals surface area contributed by atoms with Gasteiger partial charge in [-0.3, -0.25) is 4.79 Å². The SMILES string of the molecule is CC(=O)[C@H]1CC[C@H]2[C@@H]3CCC4=CC(OC(O)CN)CC[C@]4(C)[C@H]3CC[C@]12C. The Morgan fingerprint density at radius 2 is 2.00 bits per heavy atom. The minimum absolute atomic E-state index is 0.00519. The van der Waals surface area contributed by atoms with Crippen molar-refractivity contribution < 1.29 is 14.6 Å². The van der Waals surface area contributed by atoms with Gasteiger partial charge in [0, 0.05) is 12.5 Å². The van der Waals surface area contributed by atoms with Crippen molar-refractivity contribution in [2.24, 2.45) is 40.2 Å². The van der Waals surface area contributed by atoms with Crippen molar-refractivity contribution in [3.63, 3.8) is 0 Å². The molecule has 27 heavy (non-hydrogen) atoms. The summed E-state index contributed by atoms with van der Waals surface area (Å²) in [7, 11) is 0. The van der Waals surface area contributed by atoms with E-state index in [0.29, 0.717) is 5.78 Å². The topological polar surface area (TPSA) is 72.5 Å². The lowest BCUT2D eigenvalue weighted by molar-refractivity contribution is -0.131. The second-order valence-electron chi connectivity index (χ2n) is 10.2. The van der Waals surface area contributed by atoms with E-state index in [1.54, 1.807) is 5.57 Å². The molecule has 4 nitrogen and oxygen atoms in total. The summed E-state index contributed by atoms with van der Waals surface area (Å²) in [5.74, 6) is 2.92. The van der Waals surface area contributed by atoms with E-state index in [9.17, 15) is 9.90 Å². The van der Waals surface area contributed by atoms with E-state index in [1.165, 1.54) is 25.7 Å². The van der Waals surface area contributed by atoms with Crippen LogP contribution in [0.2, 0.25) is 0 Å². The van der Waals surface area contributed by atoms with E-state index >= 15 is 0 Å². The van der Waals surface area contributed by atoms with Gasteiger partial charge in [0.15, 0.2) is 6.29 Å². The third-order valence-electron chi connectivity index (χ3n) is 9.10. The number of nitrogens with two attached hydrogens (primary N) is 1. The van der Waals surface area contributed by atoms with E-state index in [2.05, 4.69) is 19.9 Å². The summed E-state index contributed by atoms with van der Waals surface area (Å²) in [6.45, 7) is 6.86. The molecule has 0 aliphatic heterocycles. The van der Waals surface area contributed by atoms with E-state index in [-0.39, 0.29) is 29.4 Å². The number of Topliss-reactive ketones (excluding diaryl/α,β-unsaturated/α-hetero) is 1. The minimum atomic E-state index is -0.857. The highest BCUT2D eigenvalue weighted by Gasteiger charge is 2.59. The Balaban J connectivity index is 1.56. The highest BCUT2D eigenvalue weighted by Crippen LogP contribution is 2.66. The van der Waals surface area contributed by atoms with Crippen molar-refractivity contribution in [1.82, 2.24) is 0 Å². The predicted octanol–water partition coefficient (Wildman–Crippen LogP) is 3.82. The molecule has 8 atom stereocenters. The molecule has 152 valence electrons. The first-order valence-electron chi connectivity index (χ1n) is 11.0. The van der Waals surface area contributed by atoms with Crippen LogP contribution in [0.5, 0.6) is 0 Å². The molecule has 3 fully saturated rings. The van der Waals surface area contributed by atoms with Crippen LogP contribution in [-0.4, -0.2) is 29.8 Å². The van der Waals surface area contributed by atoms with Crippen LogP contribution in [0.25, 0.3) is 0 Å². The normalized spacial score (nSPS) is 47.4. The Kier molecular flexibility index (Phi) is 5.05. The number of rotatable bonds is 4. The number of ketones is 1. The van der Waals surface area contributed by atoms with Gasteiger partial charge in [-0.2, -0.15) is 0 Å². The number of carbonyl (C=O) groups is 1. The molecule has 0 aromatic heterocycles. The fraction of sp³-hybridized carbons (Fsp3) is 0.870. The molecule has 0 saturated heterocycles. The van der Waals surface area contributed by atoms with Crippen molar-refractivity contribution >= 4 is 5.78 Å². The summed E-state index contributed by atoms with van der Waals surface area (Å²) in [4.78, 5) is 12.3. The highest BCUT2D eigenvalue weighted by molar-refractivity contribution is 5.79. The number of carbonyl (C=O) groups excluding carboxylic acids is 1. The molecule has 4 aliphatic carbocycles. The molecule has 0 radical (unpaired) electrons. The molecule has 2 unspecified atom stereocenters. The summed E-state index contributed by atoms with van der Waals surface area (Å²) in [6.07, 6.45) is 10.8. The van der Waals surface area contributed by atoms with E-state index in [4.69, 9.17) is 10.5 Å². The van der Waals surface area contributed by atoms with Gasteiger partial charge in [-0.1, -0.05) is 25.5 Å². The maximum atomic E-state index is 12.3. The van der Waals surface area contributed by atoms with Gasteiger partial charge in [-0.25, -0.2) is 0 Å². The summed E-state index contributed by atoms with van der Waals surface area (Å²) in [5.41, 5.74) is 7.56. The zero-order chi connectivity index (χ0) is 19.4. The van der Waals surface area contributed by atoms with Crippen LogP contribution in [-0.2, 0) is 9.53 Å². The van der Waals surface area contributed by atoms with Gasteiger partial charge in [0.2, 0.25) is 0 Å². The van der Waals surface area contributed by atoms with Crippen molar-refractivity contribution in [3.8, 4) is 0 Å². The second kappa shape index (κ2) is 6.96. The van der Waals surface area contributed by atoms with Gasteiger partial charge in [0.1, 0.15) is 5.78 Å². The predicted molar refractivity (Wildman–Crippen MR) is 106 cm³/mol. The number of ether oxygens (including phenoxy) is 1. The molecule has 0 aromatic rings. The average Bonchev–Trinajstić information content (AvgIpc) is 2.99. The van der Waals surface area contributed by atoms with Gasteiger partial charge in [0.25, 0.3) is 0 Å². The molecule has 0 aromatic carbocycles. The fourth-order valence-electron chi connectivity index (χ4n) is 7.73. The Bertz CT molecular complexity index is 631. The summed E-state index contributed by atoms with van der Waals surface area (Å²) in [5, 5.41) is 9.75. The molecular weight excluding hydrogens is 338 g/mol. The lowest BCUT2D eigenvalue weighted by atomic mass is 9.46. The molecule has 4 heteroatoms. The van der Waals surface area contributed by atoms with Crippen LogP contribution in [0.15, 0.2) is 11.6 Å². The van der Waals surface area contributed by atoms with Gasteiger partial charge in [-0.05, 0) is 86.9 Å². The number of hydrogen-bond acceptors (Lipinski definition) is 4. The van der Waals surface area contributed by atoms with Crippen LogP contribution in [0.1, 0.15) is 72.1 Å². The average molecular weight is 376 g/mol. The zero-order valence-corrected chi connectivity index (χ0v) is 17.2. The maximum Gasteiger partial charge on any atom is 0.167 e. The molecule has 0 heterocycles. The van der Waals surface area contributed by atoms with Gasteiger partial charge in [-0.15, -0.1) is 0 Å². The Morgan fingerprint density at radius 1 is 1.22 bits per heavy atom. The molecule has 4 aliphatic rings. The molecule has 0 spiro atoms. The third kappa shape index (κ3) is 3.03. The largest absolute Gasteiger partial charge is 0.367 e. The summed E-state index contributed by atoms with van der Waals surface area (Å²) in [6, 6.07) is 0. The molecule has 0 bridgehead atoms. The van der Waals surface area contributed by atoms with Crippen LogP contribution >= 0.6 is 0 Å². The number of hydrogen-bond donors (Lipinski definition) is 2. The lowest BCUT2D eigenvalue weighted by Gasteiger charge is -2.58. The lowest BCUT2D eigenvalue weighted by Crippen LogP contribution is -2.51. The van der Waals surface area contributed by atoms with E-state index in [0.717, 1.165) is 43.4 Å². The van der Waals surface area contributed by atoms with Crippen LogP contribution in [0, 0.1) is 34.5 Å². The molecule has 3 saturated carbocycles. The summed E-state index contributed by atoms with van der Waals surface area (Å²) >= 11 is 0. The van der Waals surface area contributed by atoms with Gasteiger partial charge in [0.05, 0.1) is 6.10 Å². The Hall–Kier alpha value is -0.710. The van der Waals surface area contributed by atoms with Crippen molar-refractivity contribution in [3.05, 3.63) is 11.6 Å². The number of allylic oxidation sites excluding steroid dienone is 1. The van der Waals surface area contributed by atoms with Crippen LogP contribution in [0.4, 0.5) is 0 Å². The molecule has 3 N–H and O–H groups in total. The second-order valence-corrected chi connectivity index (χ2v) is 10.2. The summed E-state index contributed by atoms with van der Waals surface area (Å²) < 4.78 is 5.71. The van der Waals surface area contributed by atoms with E-state index < -0.39 is 6.29 Å². The molecule has 4 rings (SSSR count). The standard InChI is InChI=1S/C23H37NO3/c1-14(25)18-6-7-19-17-5-4-15-12-16(27-21(26)13-24)8-10-22(15,2)20(17)9-11-23(18,19)3/h12,16-21,26H,4-11,13,24H2,1-3H3/t16?,17-,18+,19-,20-,21?,22-,23+/m0/s1. The van der Waals surface area contributed by atoms with E-state index in [1.807, 2.05) is 6.92 Å². The van der Waals surface area contributed by atoms with Crippen molar-refractivity contribution in [2.45, 2.75) is 84.5 Å². The molecule has 0 amide bonds. The first-order valence-corrected chi connectivity index (χ1v) is 11.0. The van der Waals surface area contributed by atoms with Crippen LogP contribution < -0.4 is 5.73 Å². The quantitative estimate of drug-likeness (QED) is 0.579. The first kappa shape index (κ1) is 19.6. The number of fused-ring (bicyclic) bond motifs is 5. The van der Waals surface area contributed by atoms with Gasteiger partial charge >= 0.3 is 0 Å². The first-order chi connectivity index (χ1) is 12.8. The van der Waals surface area contributed by atoms with Gasteiger partial charge < -0.3 is 15.6 Å². The van der Waals surface area contributed by atoms with Crippen molar-refractivity contribution in [1.29, 1.82) is 0 Å². The number of aliphatic hydroxyl groups excluding tert-OH is 1. The molecular formula is C23H37NO3. The highest BCUT2D eigenvalue weighted by atomic mass is 16.6. The fourth-order valence-corrected chi connectivity index (χ4v) is 7.73. The smallest absolute Gasteiger partial charge is 0.167 e. The minimum Gasteiger partial charge on any atom is -0.367 e. The number of aliphatic hydroxyl groups is 1. The van der Waals surface area contributed by atoms with Crippen LogP contribution in [0.3, 0.4) is 0 Å². The monoisotopic (exact) mass is 375 g/mol. The third-order valence-corrected chi connectivity index (χ3v) is 9.10. The Morgan fingerprint density at radius 3 is 2.70 bits per heavy atom.